The molecule has 2 aromatic rings. The second-order valence-corrected chi connectivity index (χ2v) is 6.42. The van der Waals surface area contributed by atoms with Gasteiger partial charge in [0.15, 0.2) is 0 Å². The topological polar surface area (TPSA) is 62.3 Å². The summed E-state index contributed by atoms with van der Waals surface area (Å²) in [4.78, 5) is 4.35. The molecule has 1 aliphatic rings. The lowest BCUT2D eigenvalue weighted by atomic mass is 10.2. The first-order valence-electron chi connectivity index (χ1n) is 6.41. The number of benzene rings is 1. The first kappa shape index (κ1) is 13.1. The highest BCUT2D eigenvalue weighted by Gasteiger charge is 2.23. The van der Waals surface area contributed by atoms with Gasteiger partial charge in [0.05, 0.1) is 4.90 Å². The van der Waals surface area contributed by atoms with Crippen molar-refractivity contribution < 1.29 is 8.42 Å². The van der Waals surface area contributed by atoms with Gasteiger partial charge in [0, 0.05) is 49.0 Å². The monoisotopic (exact) mass is 289 g/mol. The fraction of sp³-hybridized carbons (Fsp3) is 0.214. The van der Waals surface area contributed by atoms with Gasteiger partial charge in [-0.1, -0.05) is 18.2 Å². The van der Waals surface area contributed by atoms with Gasteiger partial charge in [-0.3, -0.25) is 9.29 Å². The number of nitrogens with zero attached hydrogens (tertiary/aromatic N) is 2. The predicted molar refractivity (Wildman–Crippen MR) is 77.6 cm³/mol. The van der Waals surface area contributed by atoms with Crippen LogP contribution in [0.3, 0.4) is 0 Å². The number of rotatable bonds is 2. The Morgan fingerprint density at radius 3 is 3.05 bits per heavy atom. The molecule has 1 aromatic heterocycles. The Balaban J connectivity index is 2.14. The van der Waals surface area contributed by atoms with E-state index in [1.54, 1.807) is 36.8 Å². The molecular formula is C14H15N3O2S. The minimum atomic E-state index is -3.53. The molecule has 1 aliphatic heterocycles. The molecule has 5 nitrogen and oxygen atoms in total. The molecule has 0 radical (unpaired) electrons. The Bertz CT molecular complexity index is 751. The van der Waals surface area contributed by atoms with Gasteiger partial charge >= 0.3 is 0 Å². The Kier molecular flexibility index (Phi) is 3.42. The number of pyridine rings is 1. The smallest absolute Gasteiger partial charge is 0.264 e. The van der Waals surface area contributed by atoms with Crippen LogP contribution in [-0.2, 0) is 10.0 Å². The number of fused-ring (bicyclic) bond motifs is 1. The summed E-state index contributed by atoms with van der Waals surface area (Å²) in [6.07, 6.45) is 6.74. The molecule has 3 rings (SSSR count). The van der Waals surface area contributed by atoms with Crippen molar-refractivity contribution in [3.63, 3.8) is 0 Å². The number of aromatic nitrogens is 1. The molecule has 1 N–H and O–H groups in total. The van der Waals surface area contributed by atoms with E-state index in [0.29, 0.717) is 29.9 Å². The van der Waals surface area contributed by atoms with E-state index in [4.69, 9.17) is 0 Å². The minimum absolute atomic E-state index is 0.323. The Morgan fingerprint density at radius 2 is 2.15 bits per heavy atom. The van der Waals surface area contributed by atoms with Gasteiger partial charge in [-0.2, -0.15) is 0 Å². The highest BCUT2D eigenvalue weighted by molar-refractivity contribution is 7.89. The lowest BCUT2D eigenvalue weighted by Gasteiger charge is -2.20. The van der Waals surface area contributed by atoms with Crippen molar-refractivity contribution in [2.45, 2.75) is 4.90 Å². The molecule has 0 saturated carbocycles. The molecule has 20 heavy (non-hydrogen) atoms. The summed E-state index contributed by atoms with van der Waals surface area (Å²) in [7, 11) is -3.53. The van der Waals surface area contributed by atoms with Gasteiger partial charge < -0.3 is 5.32 Å². The Labute approximate surface area is 118 Å². The molecule has 1 aromatic carbocycles. The third-order valence-electron chi connectivity index (χ3n) is 3.27. The van der Waals surface area contributed by atoms with Gasteiger partial charge in [0.25, 0.3) is 10.0 Å². The van der Waals surface area contributed by atoms with E-state index in [-0.39, 0.29) is 0 Å². The quantitative estimate of drug-likeness (QED) is 0.906. The van der Waals surface area contributed by atoms with Crippen LogP contribution in [0.4, 0.5) is 0 Å². The summed E-state index contributed by atoms with van der Waals surface area (Å²) < 4.78 is 27.0. The minimum Gasteiger partial charge on any atom is -0.311 e. The molecule has 0 fully saturated rings. The van der Waals surface area contributed by atoms with Gasteiger partial charge in [0.1, 0.15) is 0 Å². The molecule has 0 amide bonds. The van der Waals surface area contributed by atoms with Crippen molar-refractivity contribution in [3.8, 4) is 0 Å². The number of sulfonamides is 1. The Morgan fingerprint density at radius 1 is 1.25 bits per heavy atom. The Hall–Kier alpha value is -1.92. The molecule has 0 saturated heterocycles. The number of hydrogen-bond acceptors (Lipinski definition) is 4. The van der Waals surface area contributed by atoms with Crippen LogP contribution < -0.4 is 5.32 Å². The van der Waals surface area contributed by atoms with Crippen LogP contribution >= 0.6 is 0 Å². The van der Waals surface area contributed by atoms with E-state index in [9.17, 15) is 8.42 Å². The van der Waals surface area contributed by atoms with Gasteiger partial charge in [-0.05, 0) is 12.1 Å². The highest BCUT2D eigenvalue weighted by atomic mass is 32.2. The molecule has 0 bridgehead atoms. The fourth-order valence-corrected chi connectivity index (χ4v) is 3.81. The van der Waals surface area contributed by atoms with Crippen LogP contribution in [0.1, 0.15) is 0 Å². The first-order chi connectivity index (χ1) is 9.69. The van der Waals surface area contributed by atoms with Crippen molar-refractivity contribution in [2.24, 2.45) is 0 Å². The van der Waals surface area contributed by atoms with Crippen molar-refractivity contribution in [3.05, 3.63) is 48.9 Å². The first-order valence-corrected chi connectivity index (χ1v) is 7.85. The summed E-state index contributed by atoms with van der Waals surface area (Å²) in [5, 5.41) is 4.66. The maximum Gasteiger partial charge on any atom is 0.264 e. The van der Waals surface area contributed by atoms with Crippen molar-refractivity contribution in [1.29, 1.82) is 0 Å². The molecule has 0 atom stereocenters. The fourth-order valence-electron chi connectivity index (χ4n) is 2.26. The zero-order valence-corrected chi connectivity index (χ0v) is 11.7. The number of hydrogen-bond donors (Lipinski definition) is 1. The molecule has 2 heterocycles. The normalized spacial score (nSPS) is 16.3. The third kappa shape index (κ3) is 2.28. The van der Waals surface area contributed by atoms with Gasteiger partial charge in [-0.15, -0.1) is 0 Å². The predicted octanol–water partition coefficient (Wildman–Crippen LogP) is 1.34. The molecule has 104 valence electrons. The summed E-state index contributed by atoms with van der Waals surface area (Å²) in [5.74, 6) is 0. The summed E-state index contributed by atoms with van der Waals surface area (Å²) in [6.45, 7) is 1.75. The maximum atomic E-state index is 12.8. The molecule has 0 spiro atoms. The zero-order chi connectivity index (χ0) is 14.0. The second-order valence-electron chi connectivity index (χ2n) is 4.56. The van der Waals surface area contributed by atoms with E-state index >= 15 is 0 Å². The van der Waals surface area contributed by atoms with Crippen molar-refractivity contribution >= 4 is 20.8 Å². The lowest BCUT2D eigenvalue weighted by molar-refractivity contribution is 0.499. The van der Waals surface area contributed by atoms with Crippen LogP contribution in [0.2, 0.25) is 0 Å². The highest BCUT2D eigenvalue weighted by Crippen LogP contribution is 2.25. The summed E-state index contributed by atoms with van der Waals surface area (Å²) >= 11 is 0. The molecular weight excluding hydrogens is 274 g/mol. The van der Waals surface area contributed by atoms with E-state index in [1.165, 1.54) is 4.31 Å². The average molecular weight is 289 g/mol. The number of nitrogens with one attached hydrogen (secondary N) is 1. The van der Waals surface area contributed by atoms with Gasteiger partial charge in [-0.25, -0.2) is 8.42 Å². The third-order valence-corrected chi connectivity index (χ3v) is 5.10. The second kappa shape index (κ2) is 5.22. The van der Waals surface area contributed by atoms with Crippen molar-refractivity contribution in [2.75, 3.05) is 19.6 Å². The van der Waals surface area contributed by atoms with E-state index < -0.39 is 10.0 Å². The SMILES string of the molecule is O=S(=O)(c1cccc2cnccc12)N1C=CCNCC1. The van der Waals surface area contributed by atoms with E-state index in [1.807, 2.05) is 12.1 Å². The van der Waals surface area contributed by atoms with E-state index in [2.05, 4.69) is 10.3 Å². The summed E-state index contributed by atoms with van der Waals surface area (Å²) in [5.41, 5.74) is 0. The van der Waals surface area contributed by atoms with Crippen molar-refractivity contribution in [1.82, 2.24) is 14.6 Å². The standard InChI is InChI=1S/C14H15N3O2S/c18-20(19,17-9-2-6-15-8-10-17)14-4-1-3-12-11-16-7-5-13(12)14/h1-5,7,9,11,15H,6,8,10H2. The van der Waals surface area contributed by atoms with Crippen LogP contribution in [0.25, 0.3) is 10.8 Å². The van der Waals surface area contributed by atoms with Gasteiger partial charge in [0.2, 0.25) is 0 Å². The van der Waals surface area contributed by atoms with E-state index in [0.717, 1.165) is 5.39 Å². The van der Waals surface area contributed by atoms with Crippen LogP contribution in [0.5, 0.6) is 0 Å². The maximum absolute atomic E-state index is 12.8. The molecule has 0 aliphatic carbocycles. The van der Waals surface area contributed by atoms with Crippen LogP contribution in [-0.4, -0.2) is 37.3 Å². The largest absolute Gasteiger partial charge is 0.311 e. The van der Waals surface area contributed by atoms with Crippen LogP contribution in [0, 0.1) is 0 Å². The molecule has 0 unspecified atom stereocenters. The average Bonchev–Trinajstić information content (AvgIpc) is 2.76. The lowest BCUT2D eigenvalue weighted by Crippen LogP contribution is -2.31. The van der Waals surface area contributed by atoms with Crippen LogP contribution in [0.15, 0.2) is 53.8 Å². The molecule has 6 heteroatoms. The summed E-state index contributed by atoms with van der Waals surface area (Å²) in [6, 6.07) is 6.99. The zero-order valence-electron chi connectivity index (χ0n) is 10.9.